The maximum atomic E-state index is 11.1. The first-order chi connectivity index (χ1) is 18.8. The van der Waals surface area contributed by atoms with Crippen LogP contribution in [-0.4, -0.2) is 81.9 Å². The van der Waals surface area contributed by atoms with Gasteiger partial charge in [0.05, 0.1) is 12.9 Å². The zero-order valence-electron chi connectivity index (χ0n) is 26.3. The molecule has 0 N–H and O–H groups in total. The minimum absolute atomic E-state index is 0. The Morgan fingerprint density at radius 1 is 0.683 bits per heavy atom. The predicted molar refractivity (Wildman–Crippen MR) is 170 cm³/mol. The molecule has 41 heavy (non-hydrogen) atoms. The summed E-state index contributed by atoms with van der Waals surface area (Å²) in [5, 5.41) is 0. The molecule has 0 aromatic rings. The van der Waals surface area contributed by atoms with Crippen LogP contribution in [0.1, 0.15) is 112 Å². The SMILES string of the molecule is C=C(C)C(=O)OC(C)OC(C)OC.C=C(C)C(=O)OCCCCCCCCCCCCC.C=COC(=O)C(=C)C.[CaH2]. The van der Waals surface area contributed by atoms with Crippen molar-refractivity contribution in [3.63, 3.8) is 0 Å². The van der Waals surface area contributed by atoms with Crippen molar-refractivity contribution in [2.45, 2.75) is 125 Å². The fourth-order valence-electron chi connectivity index (χ4n) is 2.84. The van der Waals surface area contributed by atoms with Crippen molar-refractivity contribution in [1.82, 2.24) is 0 Å². The van der Waals surface area contributed by atoms with Crippen molar-refractivity contribution in [3.8, 4) is 0 Å². The van der Waals surface area contributed by atoms with E-state index in [1.54, 1.807) is 34.6 Å². The van der Waals surface area contributed by atoms with Crippen LogP contribution in [0.5, 0.6) is 0 Å². The summed E-state index contributed by atoms with van der Waals surface area (Å²) in [6, 6.07) is 0. The Balaban J connectivity index is -0.000000270. The van der Waals surface area contributed by atoms with E-state index in [4.69, 9.17) is 18.9 Å². The second-order valence-electron chi connectivity index (χ2n) is 9.50. The molecular weight excluding hydrogens is 552 g/mol. The summed E-state index contributed by atoms with van der Waals surface area (Å²) >= 11 is 0. The summed E-state index contributed by atoms with van der Waals surface area (Å²) in [6.45, 7) is 24.5. The zero-order valence-corrected chi connectivity index (χ0v) is 26.3. The molecule has 2 unspecified atom stereocenters. The topological polar surface area (TPSA) is 97.4 Å². The normalized spacial score (nSPS) is 11.0. The van der Waals surface area contributed by atoms with Gasteiger partial charge in [0.1, 0.15) is 0 Å². The number of hydrogen-bond acceptors (Lipinski definition) is 8. The van der Waals surface area contributed by atoms with Gasteiger partial charge in [-0.05, 0) is 41.0 Å². The number of esters is 3. The van der Waals surface area contributed by atoms with Crippen LogP contribution in [0, 0.1) is 0 Å². The number of carbonyl (C=O) groups excluding carboxylic acids is 3. The first-order valence-corrected chi connectivity index (χ1v) is 14.2. The average Bonchev–Trinajstić information content (AvgIpc) is 2.89. The first-order valence-electron chi connectivity index (χ1n) is 14.2. The van der Waals surface area contributed by atoms with Gasteiger partial charge in [-0.1, -0.05) is 97.4 Å². The number of methoxy groups -OCH3 is 1. The molecule has 0 aliphatic heterocycles. The summed E-state index contributed by atoms with van der Waals surface area (Å²) in [5.74, 6) is -1.15. The third-order valence-corrected chi connectivity index (χ3v) is 5.21. The Morgan fingerprint density at radius 2 is 1.10 bits per heavy atom. The molecule has 0 spiro atoms. The Bertz CT molecular complexity index is 748. The molecule has 0 saturated heterocycles. The van der Waals surface area contributed by atoms with E-state index >= 15 is 0 Å². The van der Waals surface area contributed by atoms with E-state index in [2.05, 4.69) is 38.0 Å². The van der Waals surface area contributed by atoms with Crippen molar-refractivity contribution in [2.75, 3.05) is 13.7 Å². The van der Waals surface area contributed by atoms with Crippen LogP contribution in [0.4, 0.5) is 0 Å². The van der Waals surface area contributed by atoms with Gasteiger partial charge in [-0.25, -0.2) is 14.4 Å². The summed E-state index contributed by atoms with van der Waals surface area (Å²) in [6.07, 6.45) is 14.5. The molecule has 0 radical (unpaired) electrons. The molecule has 0 aliphatic rings. The van der Waals surface area contributed by atoms with Gasteiger partial charge in [0.25, 0.3) is 0 Å². The van der Waals surface area contributed by atoms with Crippen LogP contribution >= 0.6 is 0 Å². The summed E-state index contributed by atoms with van der Waals surface area (Å²) in [5.41, 5.74) is 1.22. The van der Waals surface area contributed by atoms with E-state index < -0.39 is 24.5 Å². The van der Waals surface area contributed by atoms with Crippen LogP contribution in [0.25, 0.3) is 0 Å². The number of unbranched alkanes of at least 4 members (excludes halogenated alkanes) is 10. The molecule has 9 heteroatoms. The Labute approximate surface area is 279 Å². The second-order valence-corrected chi connectivity index (χ2v) is 9.50. The molecule has 2 atom stereocenters. The van der Waals surface area contributed by atoms with Gasteiger partial charge in [-0.2, -0.15) is 0 Å². The van der Waals surface area contributed by atoms with E-state index in [-0.39, 0.29) is 43.7 Å². The number of ether oxygens (including phenoxy) is 5. The monoisotopic (exact) mass is 610 g/mol. The molecule has 0 aliphatic carbocycles. The van der Waals surface area contributed by atoms with E-state index in [9.17, 15) is 14.4 Å². The van der Waals surface area contributed by atoms with Gasteiger partial charge < -0.3 is 23.7 Å². The molecule has 0 aromatic heterocycles. The van der Waals surface area contributed by atoms with E-state index in [1.807, 2.05) is 0 Å². The van der Waals surface area contributed by atoms with E-state index in [1.165, 1.54) is 71.3 Å². The van der Waals surface area contributed by atoms with Crippen molar-refractivity contribution in [3.05, 3.63) is 49.3 Å². The van der Waals surface area contributed by atoms with Gasteiger partial charge in [0.2, 0.25) is 6.29 Å². The van der Waals surface area contributed by atoms with Crippen molar-refractivity contribution < 1.29 is 38.1 Å². The maximum absolute atomic E-state index is 11.1. The van der Waals surface area contributed by atoms with Crippen LogP contribution in [0.2, 0.25) is 0 Å². The summed E-state index contributed by atoms with van der Waals surface area (Å²) < 4.78 is 24.2. The van der Waals surface area contributed by atoms with Gasteiger partial charge in [-0.15, -0.1) is 0 Å². The molecule has 0 heterocycles. The Kier molecular flexibility index (Phi) is 37.5. The Hall–Kier alpha value is -1.45. The fraction of sp³-hybridized carbons (Fsp3) is 0.656. The standard InChI is InChI=1S/C17H32O2.C9H16O4.C6H8O2.Ca.2H/c1-4-5-6-7-8-9-10-11-12-13-14-15-19-17(18)16(2)3;1-6(2)9(10)13-8(4)12-7(3)11-5;1-4-8-6(7)5(2)3;;;/h2,4-15H2,1,3H3;7-8H,1H2,2-5H3;4H,1-2H2,3H3;;;. The van der Waals surface area contributed by atoms with E-state index in [0.29, 0.717) is 23.3 Å². The summed E-state index contributed by atoms with van der Waals surface area (Å²) in [7, 11) is 1.51. The van der Waals surface area contributed by atoms with Gasteiger partial charge in [0.15, 0.2) is 6.29 Å². The molecule has 0 amide bonds. The predicted octanol–water partition coefficient (Wildman–Crippen LogP) is 7.21. The van der Waals surface area contributed by atoms with Crippen LogP contribution in [-0.2, 0) is 38.1 Å². The molecule has 236 valence electrons. The number of rotatable bonds is 20. The Morgan fingerprint density at radius 3 is 1.44 bits per heavy atom. The van der Waals surface area contributed by atoms with Gasteiger partial charge >= 0.3 is 55.6 Å². The molecule has 0 aromatic carbocycles. The van der Waals surface area contributed by atoms with Crippen molar-refractivity contribution >= 4 is 55.6 Å². The van der Waals surface area contributed by atoms with Crippen LogP contribution < -0.4 is 0 Å². The average molecular weight is 611 g/mol. The van der Waals surface area contributed by atoms with Gasteiger partial charge in [-0.3, -0.25) is 0 Å². The second kappa shape index (κ2) is 33.1. The van der Waals surface area contributed by atoms with Crippen LogP contribution in [0.3, 0.4) is 0 Å². The molecule has 0 rings (SSSR count). The summed E-state index contributed by atoms with van der Waals surface area (Å²) in [4.78, 5) is 32.4. The van der Waals surface area contributed by atoms with Crippen molar-refractivity contribution in [1.29, 1.82) is 0 Å². The third-order valence-electron chi connectivity index (χ3n) is 5.21. The molecular formula is C32H58CaO8. The molecule has 0 saturated carbocycles. The molecule has 0 fully saturated rings. The quantitative estimate of drug-likeness (QED) is 0.0271. The van der Waals surface area contributed by atoms with Crippen molar-refractivity contribution in [2.24, 2.45) is 0 Å². The van der Waals surface area contributed by atoms with Crippen LogP contribution in [0.15, 0.2) is 49.3 Å². The first kappa shape index (κ1) is 46.5. The van der Waals surface area contributed by atoms with Gasteiger partial charge in [0, 0.05) is 23.8 Å². The fourth-order valence-corrected chi connectivity index (χ4v) is 2.84. The molecule has 0 bridgehead atoms. The number of hydrogen-bond donors (Lipinski definition) is 0. The minimum atomic E-state index is -0.626. The number of carbonyl (C=O) groups is 3. The molecule has 8 nitrogen and oxygen atoms in total. The zero-order chi connectivity index (χ0) is 31.3. The van der Waals surface area contributed by atoms with E-state index in [0.717, 1.165) is 12.7 Å². The third kappa shape index (κ3) is 36.5.